The zero-order valence-electron chi connectivity index (χ0n) is 9.42. The topological polar surface area (TPSA) is 17.1 Å². The first-order valence-electron chi connectivity index (χ1n) is 5.07. The van der Waals surface area contributed by atoms with E-state index in [1.165, 1.54) is 16.7 Å². The molecule has 0 aromatic heterocycles. The molecule has 0 aliphatic carbocycles. The van der Waals surface area contributed by atoms with Gasteiger partial charge in [0.05, 0.1) is 0 Å². The molecule has 1 nitrogen and oxygen atoms in total. The highest BCUT2D eigenvalue weighted by Gasteiger charge is 2.08. The van der Waals surface area contributed by atoms with Crippen LogP contribution in [0.5, 0.6) is 0 Å². The lowest BCUT2D eigenvalue weighted by atomic mass is 9.96. The van der Waals surface area contributed by atoms with E-state index in [-0.39, 0.29) is 11.7 Å². The fourth-order valence-electron chi connectivity index (χ4n) is 1.43. The summed E-state index contributed by atoms with van der Waals surface area (Å²) in [7, 11) is 0. The molecule has 1 aromatic rings. The molecule has 0 amide bonds. The standard InChI is InChI=1S/C13H18O/c1-9-5-6-13(7-10(9)2)8-11(3)12(4)14/h5-7,11H,8H2,1-4H3. The smallest absolute Gasteiger partial charge is 0.132 e. The van der Waals surface area contributed by atoms with Crippen molar-refractivity contribution < 1.29 is 4.79 Å². The number of ketones is 1. The minimum Gasteiger partial charge on any atom is -0.300 e. The lowest BCUT2D eigenvalue weighted by Crippen LogP contribution is -2.09. The average Bonchev–Trinajstić information content (AvgIpc) is 2.11. The quantitative estimate of drug-likeness (QED) is 0.716. The van der Waals surface area contributed by atoms with E-state index in [4.69, 9.17) is 0 Å². The summed E-state index contributed by atoms with van der Waals surface area (Å²) >= 11 is 0. The molecule has 76 valence electrons. The normalized spacial score (nSPS) is 12.6. The van der Waals surface area contributed by atoms with Gasteiger partial charge in [-0.2, -0.15) is 0 Å². The molecule has 0 aliphatic heterocycles. The van der Waals surface area contributed by atoms with Crippen molar-refractivity contribution in [2.45, 2.75) is 34.1 Å². The van der Waals surface area contributed by atoms with Gasteiger partial charge in [0.1, 0.15) is 5.78 Å². The number of Topliss-reactive ketones (excluding diaryl/α,β-unsaturated/α-hetero) is 1. The lowest BCUT2D eigenvalue weighted by Gasteiger charge is -2.09. The molecule has 0 saturated heterocycles. The maximum atomic E-state index is 11.1. The van der Waals surface area contributed by atoms with Crippen molar-refractivity contribution in [1.29, 1.82) is 0 Å². The predicted molar refractivity (Wildman–Crippen MR) is 59.5 cm³/mol. The van der Waals surface area contributed by atoms with Gasteiger partial charge in [-0.15, -0.1) is 0 Å². The second kappa shape index (κ2) is 4.41. The summed E-state index contributed by atoms with van der Waals surface area (Å²) in [5.41, 5.74) is 3.87. The summed E-state index contributed by atoms with van der Waals surface area (Å²) in [6.45, 7) is 7.86. The summed E-state index contributed by atoms with van der Waals surface area (Å²) in [5, 5.41) is 0. The Labute approximate surface area is 86.1 Å². The van der Waals surface area contributed by atoms with E-state index in [0.29, 0.717) is 0 Å². The van der Waals surface area contributed by atoms with Crippen molar-refractivity contribution in [3.8, 4) is 0 Å². The summed E-state index contributed by atoms with van der Waals surface area (Å²) in [6.07, 6.45) is 0.858. The van der Waals surface area contributed by atoms with Crippen LogP contribution in [0.25, 0.3) is 0 Å². The third kappa shape index (κ3) is 2.69. The van der Waals surface area contributed by atoms with Gasteiger partial charge < -0.3 is 0 Å². The molecule has 0 N–H and O–H groups in total. The van der Waals surface area contributed by atoms with Crippen molar-refractivity contribution in [3.63, 3.8) is 0 Å². The fourth-order valence-corrected chi connectivity index (χ4v) is 1.43. The first-order chi connectivity index (χ1) is 6.50. The Kier molecular flexibility index (Phi) is 3.45. The Morgan fingerprint density at radius 3 is 2.43 bits per heavy atom. The van der Waals surface area contributed by atoms with Crippen molar-refractivity contribution in [1.82, 2.24) is 0 Å². The number of hydrogen-bond donors (Lipinski definition) is 0. The van der Waals surface area contributed by atoms with E-state index >= 15 is 0 Å². The van der Waals surface area contributed by atoms with E-state index in [9.17, 15) is 4.79 Å². The SMILES string of the molecule is CC(=O)C(C)Cc1ccc(C)c(C)c1. The Morgan fingerprint density at radius 2 is 1.93 bits per heavy atom. The molecule has 0 aliphatic rings. The highest BCUT2D eigenvalue weighted by molar-refractivity contribution is 5.78. The van der Waals surface area contributed by atoms with E-state index in [2.05, 4.69) is 32.0 Å². The molecule has 0 saturated carbocycles. The average molecular weight is 190 g/mol. The Balaban J connectivity index is 2.78. The molecular weight excluding hydrogens is 172 g/mol. The first kappa shape index (κ1) is 11.0. The number of hydrogen-bond acceptors (Lipinski definition) is 1. The molecule has 14 heavy (non-hydrogen) atoms. The van der Waals surface area contributed by atoms with Crippen LogP contribution < -0.4 is 0 Å². The molecular formula is C13H18O. The third-order valence-corrected chi connectivity index (χ3v) is 2.81. The summed E-state index contributed by atoms with van der Waals surface area (Å²) in [6, 6.07) is 6.41. The number of aryl methyl sites for hydroxylation is 2. The third-order valence-electron chi connectivity index (χ3n) is 2.81. The minimum absolute atomic E-state index is 0.136. The highest BCUT2D eigenvalue weighted by atomic mass is 16.1. The van der Waals surface area contributed by atoms with Crippen LogP contribution in [-0.4, -0.2) is 5.78 Å². The zero-order chi connectivity index (χ0) is 10.7. The fraction of sp³-hybridized carbons (Fsp3) is 0.462. The maximum absolute atomic E-state index is 11.1. The van der Waals surface area contributed by atoms with Crippen molar-refractivity contribution >= 4 is 5.78 Å². The Morgan fingerprint density at radius 1 is 1.29 bits per heavy atom. The predicted octanol–water partition coefficient (Wildman–Crippen LogP) is 3.07. The Bertz CT molecular complexity index is 339. The lowest BCUT2D eigenvalue weighted by molar-refractivity contribution is -0.120. The monoisotopic (exact) mass is 190 g/mol. The van der Waals surface area contributed by atoms with E-state index < -0.39 is 0 Å². The maximum Gasteiger partial charge on any atom is 0.132 e. The summed E-state index contributed by atoms with van der Waals surface area (Å²) in [5.74, 6) is 0.403. The van der Waals surface area contributed by atoms with Gasteiger partial charge in [0.2, 0.25) is 0 Å². The highest BCUT2D eigenvalue weighted by Crippen LogP contribution is 2.14. The van der Waals surface area contributed by atoms with E-state index in [1.54, 1.807) is 6.92 Å². The Hall–Kier alpha value is -1.11. The second-order valence-electron chi connectivity index (χ2n) is 4.13. The summed E-state index contributed by atoms with van der Waals surface area (Å²) < 4.78 is 0. The van der Waals surface area contributed by atoms with Crippen molar-refractivity contribution in [2.24, 2.45) is 5.92 Å². The van der Waals surface area contributed by atoms with Gasteiger partial charge in [0.25, 0.3) is 0 Å². The van der Waals surface area contributed by atoms with Gasteiger partial charge in [0, 0.05) is 5.92 Å². The summed E-state index contributed by atoms with van der Waals surface area (Å²) in [4.78, 5) is 11.1. The molecule has 0 radical (unpaired) electrons. The number of rotatable bonds is 3. The molecule has 1 rings (SSSR count). The van der Waals surface area contributed by atoms with Gasteiger partial charge in [-0.05, 0) is 43.9 Å². The molecule has 0 heterocycles. The number of benzene rings is 1. The molecule has 1 atom stereocenters. The van der Waals surface area contributed by atoms with Crippen LogP contribution in [0, 0.1) is 19.8 Å². The molecule has 0 bridgehead atoms. The zero-order valence-corrected chi connectivity index (χ0v) is 9.42. The van der Waals surface area contributed by atoms with Crippen LogP contribution in [0.15, 0.2) is 18.2 Å². The van der Waals surface area contributed by atoms with Crippen molar-refractivity contribution in [2.75, 3.05) is 0 Å². The van der Waals surface area contributed by atoms with Crippen LogP contribution in [0.2, 0.25) is 0 Å². The molecule has 1 heteroatoms. The number of carbonyl (C=O) groups excluding carboxylic acids is 1. The van der Waals surface area contributed by atoms with Crippen LogP contribution >= 0.6 is 0 Å². The van der Waals surface area contributed by atoms with Crippen LogP contribution in [0.3, 0.4) is 0 Å². The largest absolute Gasteiger partial charge is 0.300 e. The molecule has 0 fully saturated rings. The second-order valence-corrected chi connectivity index (χ2v) is 4.13. The first-order valence-corrected chi connectivity index (χ1v) is 5.07. The van der Waals surface area contributed by atoms with Crippen LogP contribution in [-0.2, 0) is 11.2 Å². The molecule has 1 aromatic carbocycles. The van der Waals surface area contributed by atoms with Gasteiger partial charge in [-0.25, -0.2) is 0 Å². The van der Waals surface area contributed by atoms with Crippen LogP contribution in [0.1, 0.15) is 30.5 Å². The van der Waals surface area contributed by atoms with E-state index in [1.807, 2.05) is 6.92 Å². The van der Waals surface area contributed by atoms with Gasteiger partial charge >= 0.3 is 0 Å². The molecule has 1 unspecified atom stereocenters. The van der Waals surface area contributed by atoms with E-state index in [0.717, 1.165) is 6.42 Å². The van der Waals surface area contributed by atoms with Gasteiger partial charge in [-0.3, -0.25) is 4.79 Å². The minimum atomic E-state index is 0.136. The van der Waals surface area contributed by atoms with Gasteiger partial charge in [0.15, 0.2) is 0 Å². The van der Waals surface area contributed by atoms with Gasteiger partial charge in [-0.1, -0.05) is 25.1 Å². The number of carbonyl (C=O) groups is 1. The molecule has 0 spiro atoms. The van der Waals surface area contributed by atoms with Crippen molar-refractivity contribution in [3.05, 3.63) is 34.9 Å². The van der Waals surface area contributed by atoms with Crippen LogP contribution in [0.4, 0.5) is 0 Å².